The Kier molecular flexibility index (Phi) is 5.53. The van der Waals surface area contributed by atoms with Crippen LogP contribution in [0.15, 0.2) is 48.8 Å². The van der Waals surface area contributed by atoms with Gasteiger partial charge in [0.25, 0.3) is 0 Å². The summed E-state index contributed by atoms with van der Waals surface area (Å²) in [7, 11) is 1.83. The maximum atomic E-state index is 5.72. The molecule has 4 rings (SSSR count). The third kappa shape index (κ3) is 4.73. The number of nitrogens with two attached hydrogens (primary N) is 2. The third-order valence-corrected chi connectivity index (χ3v) is 3.77. The summed E-state index contributed by atoms with van der Waals surface area (Å²) in [6.07, 6.45) is 3.37. The van der Waals surface area contributed by atoms with Gasteiger partial charge in [-0.1, -0.05) is 11.6 Å². The van der Waals surface area contributed by atoms with Gasteiger partial charge in [-0.05, 0) is 24.3 Å². The summed E-state index contributed by atoms with van der Waals surface area (Å²) < 4.78 is 0. The molecule has 9 nitrogen and oxygen atoms in total. The zero-order valence-electron chi connectivity index (χ0n) is 14.4. The SMILES string of the molecule is CNc1cc(-c2cc(N)n[nH]2)ccn1.Nc1cc(-c2ccnc(Cl)c2)[nH]n1. The molecule has 0 aliphatic heterocycles. The van der Waals surface area contributed by atoms with Crippen molar-refractivity contribution in [1.29, 1.82) is 0 Å². The average Bonchev–Trinajstić information content (AvgIpc) is 3.31. The topological polar surface area (TPSA) is 147 Å². The highest BCUT2D eigenvalue weighted by Crippen LogP contribution is 2.20. The molecule has 27 heavy (non-hydrogen) atoms. The van der Waals surface area contributed by atoms with Gasteiger partial charge < -0.3 is 16.8 Å². The van der Waals surface area contributed by atoms with Crippen LogP contribution in [0, 0.1) is 0 Å². The largest absolute Gasteiger partial charge is 0.382 e. The molecule has 0 aliphatic rings. The Hall–Kier alpha value is -3.59. The number of hydrogen-bond acceptors (Lipinski definition) is 7. The first-order chi connectivity index (χ1) is 13.0. The molecular formula is C17H18ClN9. The average molecular weight is 384 g/mol. The number of rotatable bonds is 3. The molecule has 7 N–H and O–H groups in total. The number of nitrogen functional groups attached to an aromatic ring is 2. The number of aromatic amines is 2. The van der Waals surface area contributed by atoms with E-state index in [1.165, 1.54) is 0 Å². The Labute approximate surface area is 160 Å². The summed E-state index contributed by atoms with van der Waals surface area (Å²) in [6, 6.07) is 10.9. The Bertz CT molecular complexity index is 1020. The van der Waals surface area contributed by atoms with E-state index in [0.717, 1.165) is 28.3 Å². The molecule has 4 aromatic heterocycles. The van der Waals surface area contributed by atoms with E-state index in [1.807, 2.05) is 25.2 Å². The smallest absolute Gasteiger partial charge is 0.145 e. The Morgan fingerprint density at radius 1 is 0.852 bits per heavy atom. The van der Waals surface area contributed by atoms with Crippen LogP contribution in [-0.4, -0.2) is 37.4 Å². The van der Waals surface area contributed by atoms with Crippen molar-refractivity contribution in [3.8, 4) is 22.5 Å². The van der Waals surface area contributed by atoms with E-state index in [9.17, 15) is 0 Å². The van der Waals surface area contributed by atoms with Gasteiger partial charge in [0.05, 0.1) is 11.4 Å². The summed E-state index contributed by atoms with van der Waals surface area (Å²) in [4.78, 5) is 7.99. The molecule has 0 unspecified atom stereocenters. The van der Waals surface area contributed by atoms with Crippen LogP contribution in [0.4, 0.5) is 17.5 Å². The fourth-order valence-electron chi connectivity index (χ4n) is 2.27. The lowest BCUT2D eigenvalue weighted by atomic mass is 10.2. The molecule has 0 radical (unpaired) electrons. The van der Waals surface area contributed by atoms with E-state index in [4.69, 9.17) is 23.1 Å². The molecule has 0 saturated heterocycles. The highest BCUT2D eigenvalue weighted by molar-refractivity contribution is 6.29. The zero-order valence-corrected chi connectivity index (χ0v) is 15.2. The molecule has 0 fully saturated rings. The molecule has 0 saturated carbocycles. The Balaban J connectivity index is 0.000000156. The van der Waals surface area contributed by atoms with Gasteiger partial charge in [-0.3, -0.25) is 10.2 Å². The highest BCUT2D eigenvalue weighted by Gasteiger charge is 2.02. The first-order valence-electron chi connectivity index (χ1n) is 7.93. The molecule has 138 valence electrons. The van der Waals surface area contributed by atoms with Crippen molar-refractivity contribution >= 4 is 29.1 Å². The summed E-state index contributed by atoms with van der Waals surface area (Å²) in [5.74, 6) is 1.77. The molecule has 0 spiro atoms. The molecule has 0 atom stereocenters. The fraction of sp³-hybridized carbons (Fsp3) is 0.0588. The van der Waals surface area contributed by atoms with Gasteiger partial charge >= 0.3 is 0 Å². The van der Waals surface area contributed by atoms with Crippen LogP contribution in [0.25, 0.3) is 22.5 Å². The van der Waals surface area contributed by atoms with Crippen LogP contribution in [0.3, 0.4) is 0 Å². The maximum Gasteiger partial charge on any atom is 0.145 e. The van der Waals surface area contributed by atoms with Crippen LogP contribution in [-0.2, 0) is 0 Å². The lowest BCUT2D eigenvalue weighted by Crippen LogP contribution is -1.91. The van der Waals surface area contributed by atoms with E-state index in [1.54, 1.807) is 30.6 Å². The number of nitrogens with zero attached hydrogens (tertiary/aromatic N) is 4. The highest BCUT2D eigenvalue weighted by atomic mass is 35.5. The van der Waals surface area contributed by atoms with Crippen molar-refractivity contribution in [2.24, 2.45) is 0 Å². The van der Waals surface area contributed by atoms with E-state index in [2.05, 4.69) is 35.7 Å². The van der Waals surface area contributed by atoms with E-state index in [0.29, 0.717) is 16.8 Å². The first kappa shape index (κ1) is 18.2. The van der Waals surface area contributed by atoms with Crippen LogP contribution in [0.5, 0.6) is 0 Å². The minimum atomic E-state index is 0.450. The molecule has 0 aromatic carbocycles. The van der Waals surface area contributed by atoms with Crippen LogP contribution in [0.2, 0.25) is 5.15 Å². The Morgan fingerprint density at radius 3 is 1.89 bits per heavy atom. The van der Waals surface area contributed by atoms with Crippen molar-refractivity contribution < 1.29 is 0 Å². The first-order valence-corrected chi connectivity index (χ1v) is 8.31. The van der Waals surface area contributed by atoms with Gasteiger partial charge in [-0.15, -0.1) is 0 Å². The van der Waals surface area contributed by atoms with Gasteiger partial charge in [0.1, 0.15) is 22.6 Å². The number of hydrogen-bond donors (Lipinski definition) is 5. The number of H-pyrrole nitrogens is 2. The minimum Gasteiger partial charge on any atom is -0.382 e. The second-order valence-electron chi connectivity index (χ2n) is 5.46. The molecule has 0 aliphatic carbocycles. The lowest BCUT2D eigenvalue weighted by Gasteiger charge is -2.00. The van der Waals surface area contributed by atoms with Gasteiger partial charge in [0, 0.05) is 42.7 Å². The normalized spacial score (nSPS) is 10.1. The number of aromatic nitrogens is 6. The van der Waals surface area contributed by atoms with Gasteiger partial charge in [-0.25, -0.2) is 9.97 Å². The van der Waals surface area contributed by atoms with E-state index >= 15 is 0 Å². The molecule has 4 heterocycles. The summed E-state index contributed by atoms with van der Waals surface area (Å²) in [5, 5.41) is 16.7. The summed E-state index contributed by atoms with van der Waals surface area (Å²) in [5.41, 5.74) is 14.6. The van der Waals surface area contributed by atoms with Crippen molar-refractivity contribution in [1.82, 2.24) is 30.4 Å². The van der Waals surface area contributed by atoms with Crippen molar-refractivity contribution in [3.05, 3.63) is 53.9 Å². The molecular weight excluding hydrogens is 366 g/mol. The van der Waals surface area contributed by atoms with Crippen LogP contribution in [0.1, 0.15) is 0 Å². The standard InChI is InChI=1S/C9H11N5.C8H7ClN4/c1-11-9-4-6(2-3-12-9)7-5-8(10)14-13-7;9-7-3-5(1-2-11-7)6-4-8(10)13-12-6/h2-5H,1H3,(H,11,12)(H3,10,13,14);1-4H,(H3,10,12,13). The van der Waals surface area contributed by atoms with Crippen molar-refractivity contribution in [2.75, 3.05) is 23.8 Å². The van der Waals surface area contributed by atoms with Gasteiger partial charge in [0.15, 0.2) is 0 Å². The second-order valence-corrected chi connectivity index (χ2v) is 5.85. The number of pyridine rings is 2. The van der Waals surface area contributed by atoms with Crippen LogP contribution >= 0.6 is 11.6 Å². The Morgan fingerprint density at radius 2 is 1.41 bits per heavy atom. The lowest BCUT2D eigenvalue weighted by molar-refractivity contribution is 1.10. The number of nitrogens with one attached hydrogen (secondary N) is 3. The number of halogens is 1. The third-order valence-electron chi connectivity index (χ3n) is 3.56. The molecule has 0 amide bonds. The van der Waals surface area contributed by atoms with Gasteiger partial charge in [-0.2, -0.15) is 10.2 Å². The summed E-state index contributed by atoms with van der Waals surface area (Å²) in [6.45, 7) is 0. The van der Waals surface area contributed by atoms with Gasteiger partial charge in [0.2, 0.25) is 0 Å². The van der Waals surface area contributed by atoms with Crippen LogP contribution < -0.4 is 16.8 Å². The van der Waals surface area contributed by atoms with Crippen molar-refractivity contribution in [3.63, 3.8) is 0 Å². The zero-order chi connectivity index (χ0) is 19.2. The van der Waals surface area contributed by atoms with E-state index in [-0.39, 0.29) is 0 Å². The predicted octanol–water partition coefficient (Wildman–Crippen LogP) is 2.80. The minimum absolute atomic E-state index is 0.450. The second kappa shape index (κ2) is 8.19. The van der Waals surface area contributed by atoms with E-state index < -0.39 is 0 Å². The molecule has 4 aromatic rings. The quantitative estimate of drug-likeness (QED) is 0.341. The monoisotopic (exact) mass is 383 g/mol. The number of anilines is 3. The maximum absolute atomic E-state index is 5.72. The molecule has 10 heteroatoms. The summed E-state index contributed by atoms with van der Waals surface area (Å²) >= 11 is 5.72. The fourth-order valence-corrected chi connectivity index (χ4v) is 2.45. The predicted molar refractivity (Wildman–Crippen MR) is 107 cm³/mol. The van der Waals surface area contributed by atoms with Crippen molar-refractivity contribution in [2.45, 2.75) is 0 Å². The molecule has 0 bridgehead atoms.